The lowest BCUT2D eigenvalue weighted by atomic mass is 10.1. The Hall–Kier alpha value is -2.54. The number of thioether (sulfide) groups is 1. The Kier molecular flexibility index (Phi) is 4.94. The Morgan fingerprint density at radius 3 is 2.56 bits per heavy atom. The van der Waals surface area contributed by atoms with Gasteiger partial charge in [-0.1, -0.05) is 18.2 Å². The van der Waals surface area contributed by atoms with Gasteiger partial charge in [0, 0.05) is 41.1 Å². The van der Waals surface area contributed by atoms with Gasteiger partial charge in [0.25, 0.3) is 11.6 Å². The number of rotatable bonds is 7. The summed E-state index contributed by atoms with van der Waals surface area (Å²) in [6, 6.07) is 14.5. The van der Waals surface area contributed by atoms with E-state index in [1.54, 1.807) is 6.07 Å². The monoisotopic (exact) mass is 357 g/mol. The van der Waals surface area contributed by atoms with Gasteiger partial charge in [0.1, 0.15) is 0 Å². The fourth-order valence-corrected chi connectivity index (χ4v) is 3.82. The normalized spacial score (nSPS) is 14.6. The molecule has 0 atom stereocenters. The Morgan fingerprint density at radius 1 is 1.24 bits per heavy atom. The van der Waals surface area contributed by atoms with Crippen LogP contribution >= 0.6 is 11.8 Å². The van der Waals surface area contributed by atoms with Crippen molar-refractivity contribution in [1.29, 1.82) is 0 Å². The summed E-state index contributed by atoms with van der Waals surface area (Å²) >= 11 is 1.83. The van der Waals surface area contributed by atoms with Crippen molar-refractivity contribution in [2.45, 2.75) is 22.5 Å². The number of carbonyl (C=O) groups excluding carboxylic acids is 1. The molecule has 2 aromatic rings. The fraction of sp³-hybridized carbons (Fsp3) is 0.278. The van der Waals surface area contributed by atoms with Crippen molar-refractivity contribution in [3.8, 4) is 0 Å². The van der Waals surface area contributed by atoms with E-state index in [0.29, 0.717) is 12.2 Å². The summed E-state index contributed by atoms with van der Waals surface area (Å²) in [5, 5.41) is 16.8. The van der Waals surface area contributed by atoms with Crippen LogP contribution < -0.4 is 10.6 Å². The van der Waals surface area contributed by atoms with Crippen molar-refractivity contribution < 1.29 is 9.72 Å². The zero-order chi connectivity index (χ0) is 17.9. The molecule has 6 nitrogen and oxygen atoms in total. The third-order valence-electron chi connectivity index (χ3n) is 4.17. The molecule has 0 saturated heterocycles. The number of nitro benzene ring substituents is 1. The number of carbonyl (C=O) groups is 1. The van der Waals surface area contributed by atoms with Crippen LogP contribution in [0.25, 0.3) is 0 Å². The van der Waals surface area contributed by atoms with Gasteiger partial charge in [0.05, 0.1) is 10.5 Å². The maximum Gasteiger partial charge on any atom is 0.270 e. The molecule has 2 aromatic carbocycles. The highest BCUT2D eigenvalue weighted by Crippen LogP contribution is 2.51. The Balaban J connectivity index is 1.74. The zero-order valence-corrected chi connectivity index (χ0v) is 14.6. The van der Waals surface area contributed by atoms with Crippen LogP contribution in [0.3, 0.4) is 0 Å². The Morgan fingerprint density at radius 2 is 1.96 bits per heavy atom. The topological polar surface area (TPSA) is 84.3 Å². The number of hydrogen-bond acceptors (Lipinski definition) is 5. The predicted molar refractivity (Wildman–Crippen MR) is 99.2 cm³/mol. The molecule has 1 aliphatic carbocycles. The third-order valence-corrected chi connectivity index (χ3v) is 5.67. The SMILES string of the molecule is CNC(=O)c1cc([N+](=O)[O-])ccc1NCC1(Sc2ccccc2)CC1. The number of nitrogens with one attached hydrogen (secondary N) is 2. The van der Waals surface area contributed by atoms with E-state index in [-0.39, 0.29) is 21.9 Å². The molecule has 1 amide bonds. The quantitative estimate of drug-likeness (QED) is 0.583. The molecule has 3 rings (SSSR count). The van der Waals surface area contributed by atoms with Gasteiger partial charge in [-0.05, 0) is 31.0 Å². The second-order valence-corrected chi connectivity index (χ2v) is 7.56. The molecular formula is C18H19N3O3S. The van der Waals surface area contributed by atoms with E-state index in [4.69, 9.17) is 0 Å². The molecule has 1 aliphatic rings. The molecule has 0 aliphatic heterocycles. The maximum atomic E-state index is 12.1. The van der Waals surface area contributed by atoms with Gasteiger partial charge in [0.2, 0.25) is 0 Å². The van der Waals surface area contributed by atoms with Gasteiger partial charge in [-0.2, -0.15) is 0 Å². The predicted octanol–water partition coefficient (Wildman–Crippen LogP) is 3.69. The highest BCUT2D eigenvalue weighted by molar-refractivity contribution is 8.01. The summed E-state index contributed by atoms with van der Waals surface area (Å²) in [6.07, 6.45) is 2.20. The van der Waals surface area contributed by atoms with Gasteiger partial charge in [-0.3, -0.25) is 14.9 Å². The lowest BCUT2D eigenvalue weighted by Crippen LogP contribution is -2.23. The number of hydrogen-bond donors (Lipinski definition) is 2. The number of nitrogens with zero attached hydrogens (tertiary/aromatic N) is 1. The molecule has 130 valence electrons. The molecule has 0 aromatic heterocycles. The van der Waals surface area contributed by atoms with E-state index in [0.717, 1.165) is 12.8 Å². The summed E-state index contributed by atoms with van der Waals surface area (Å²) in [5.41, 5.74) is 0.811. The number of benzene rings is 2. The number of non-ortho nitro benzene ring substituents is 1. The number of anilines is 1. The molecule has 2 N–H and O–H groups in total. The van der Waals surface area contributed by atoms with Crippen molar-refractivity contribution in [2.24, 2.45) is 0 Å². The molecule has 1 saturated carbocycles. The Bertz CT molecular complexity index is 791. The summed E-state index contributed by atoms with van der Waals surface area (Å²) in [5.74, 6) is -0.341. The summed E-state index contributed by atoms with van der Waals surface area (Å²) in [6.45, 7) is 0.703. The summed E-state index contributed by atoms with van der Waals surface area (Å²) in [4.78, 5) is 23.7. The second-order valence-electron chi connectivity index (χ2n) is 6.02. The minimum atomic E-state index is -0.496. The molecule has 25 heavy (non-hydrogen) atoms. The van der Waals surface area contributed by atoms with Crippen LogP contribution in [0.2, 0.25) is 0 Å². The van der Waals surface area contributed by atoms with Gasteiger partial charge < -0.3 is 10.6 Å². The average Bonchev–Trinajstić information content (AvgIpc) is 3.39. The van der Waals surface area contributed by atoms with Crippen molar-refractivity contribution >= 4 is 29.0 Å². The van der Waals surface area contributed by atoms with Gasteiger partial charge in [-0.15, -0.1) is 11.8 Å². The minimum Gasteiger partial charge on any atom is -0.383 e. The molecule has 1 fully saturated rings. The smallest absolute Gasteiger partial charge is 0.270 e. The standard InChI is InChI=1S/C18H19N3O3S/c1-19-17(22)15-11-13(21(23)24)7-8-16(15)20-12-18(9-10-18)25-14-5-3-2-4-6-14/h2-8,11,20H,9-10,12H2,1H3,(H,19,22). The van der Waals surface area contributed by atoms with Crippen LogP contribution in [-0.4, -0.2) is 29.2 Å². The number of amides is 1. The van der Waals surface area contributed by atoms with E-state index < -0.39 is 4.92 Å². The molecule has 0 bridgehead atoms. The number of nitro groups is 1. The molecule has 0 unspecified atom stereocenters. The van der Waals surface area contributed by atoms with Crippen molar-refractivity contribution in [3.05, 3.63) is 64.2 Å². The van der Waals surface area contributed by atoms with Crippen LogP contribution in [-0.2, 0) is 0 Å². The van der Waals surface area contributed by atoms with Gasteiger partial charge in [0.15, 0.2) is 0 Å². The van der Waals surface area contributed by atoms with E-state index >= 15 is 0 Å². The molecule has 0 heterocycles. The maximum absolute atomic E-state index is 12.1. The first kappa shape index (κ1) is 17.3. The van der Waals surface area contributed by atoms with E-state index in [1.807, 2.05) is 30.0 Å². The lowest BCUT2D eigenvalue weighted by molar-refractivity contribution is -0.384. The van der Waals surface area contributed by atoms with Crippen molar-refractivity contribution in [2.75, 3.05) is 18.9 Å². The zero-order valence-electron chi connectivity index (χ0n) is 13.8. The fourth-order valence-electron chi connectivity index (χ4n) is 2.57. The van der Waals surface area contributed by atoms with Crippen LogP contribution in [0.15, 0.2) is 53.4 Å². The molecule has 7 heteroatoms. The van der Waals surface area contributed by atoms with Crippen molar-refractivity contribution in [1.82, 2.24) is 5.32 Å². The highest BCUT2D eigenvalue weighted by Gasteiger charge is 2.43. The van der Waals surface area contributed by atoms with E-state index in [1.165, 1.54) is 24.1 Å². The molecule has 0 radical (unpaired) electrons. The van der Waals surface area contributed by atoms with E-state index in [2.05, 4.69) is 22.8 Å². The largest absolute Gasteiger partial charge is 0.383 e. The summed E-state index contributed by atoms with van der Waals surface area (Å²) in [7, 11) is 1.51. The lowest BCUT2D eigenvalue weighted by Gasteiger charge is -2.18. The van der Waals surface area contributed by atoms with Crippen LogP contribution in [0, 0.1) is 10.1 Å². The Labute approximate surface area is 150 Å². The first-order valence-corrected chi connectivity index (χ1v) is 8.83. The van der Waals surface area contributed by atoms with Crippen LogP contribution in [0.1, 0.15) is 23.2 Å². The molecular weight excluding hydrogens is 338 g/mol. The first-order chi connectivity index (χ1) is 12.0. The molecule has 0 spiro atoms. The highest BCUT2D eigenvalue weighted by atomic mass is 32.2. The second kappa shape index (κ2) is 7.14. The van der Waals surface area contributed by atoms with Crippen LogP contribution in [0.5, 0.6) is 0 Å². The van der Waals surface area contributed by atoms with E-state index in [9.17, 15) is 14.9 Å². The van der Waals surface area contributed by atoms with Gasteiger partial charge >= 0.3 is 0 Å². The minimum absolute atomic E-state index is 0.0936. The van der Waals surface area contributed by atoms with Crippen molar-refractivity contribution in [3.63, 3.8) is 0 Å². The first-order valence-electron chi connectivity index (χ1n) is 8.01. The summed E-state index contributed by atoms with van der Waals surface area (Å²) < 4.78 is 0.114. The average molecular weight is 357 g/mol. The third kappa shape index (κ3) is 4.11. The van der Waals surface area contributed by atoms with Gasteiger partial charge in [-0.25, -0.2) is 0 Å². The van der Waals surface area contributed by atoms with Crippen LogP contribution in [0.4, 0.5) is 11.4 Å².